The lowest BCUT2D eigenvalue weighted by Gasteiger charge is -2.29. The van der Waals surface area contributed by atoms with Gasteiger partial charge in [0.15, 0.2) is 5.82 Å². The monoisotopic (exact) mass is 434 g/mol. The van der Waals surface area contributed by atoms with Gasteiger partial charge in [-0.1, -0.05) is 29.8 Å². The van der Waals surface area contributed by atoms with Crippen LogP contribution < -0.4 is 15.1 Å². The Morgan fingerprint density at radius 3 is 2.78 bits per heavy atom. The lowest BCUT2D eigenvalue weighted by Crippen LogP contribution is -2.36. The van der Waals surface area contributed by atoms with Crippen molar-refractivity contribution in [3.05, 3.63) is 65.2 Å². The first-order valence-corrected chi connectivity index (χ1v) is 10.9. The average Bonchev–Trinajstić information content (AvgIpc) is 3.12. The van der Waals surface area contributed by atoms with Gasteiger partial charge < -0.3 is 18.9 Å². The highest BCUT2D eigenvalue weighted by Crippen LogP contribution is 2.25. The standard InChI is InChI=1S/C24H30N6O2/c1-18-5-4-6-20(13-18)16-26-28-23-14-22(30-8-11-31-12-9-30)15-24(27-23)32-10-7-21-17-25-19(2)29(21)3/h4-6,13-17H,7-12H2,1-3H3,(H,27,28)/b26-16+. The van der Waals surface area contributed by atoms with E-state index in [2.05, 4.69) is 49.0 Å². The van der Waals surface area contributed by atoms with Crippen LogP contribution in [0.5, 0.6) is 5.88 Å². The fourth-order valence-corrected chi connectivity index (χ4v) is 3.59. The van der Waals surface area contributed by atoms with E-state index in [4.69, 9.17) is 9.47 Å². The van der Waals surface area contributed by atoms with Gasteiger partial charge in [0.25, 0.3) is 0 Å². The first kappa shape index (κ1) is 21.8. The van der Waals surface area contributed by atoms with Gasteiger partial charge in [-0.2, -0.15) is 10.1 Å². The van der Waals surface area contributed by atoms with Crippen molar-refractivity contribution < 1.29 is 9.47 Å². The smallest absolute Gasteiger partial charge is 0.217 e. The van der Waals surface area contributed by atoms with Gasteiger partial charge in [0.1, 0.15) is 5.82 Å². The molecule has 4 rings (SSSR count). The highest BCUT2D eigenvalue weighted by molar-refractivity contribution is 5.80. The van der Waals surface area contributed by atoms with Crippen LogP contribution in [-0.4, -0.2) is 53.7 Å². The Balaban J connectivity index is 1.47. The van der Waals surface area contributed by atoms with E-state index in [0.29, 0.717) is 31.5 Å². The van der Waals surface area contributed by atoms with Gasteiger partial charge in [-0.25, -0.2) is 4.98 Å². The summed E-state index contributed by atoms with van der Waals surface area (Å²) in [5.74, 6) is 2.20. The second-order valence-electron chi connectivity index (χ2n) is 7.89. The number of aromatic nitrogens is 3. The minimum absolute atomic E-state index is 0.518. The number of hydrogen-bond acceptors (Lipinski definition) is 7. The van der Waals surface area contributed by atoms with Crippen LogP contribution in [0.15, 0.2) is 47.7 Å². The molecular formula is C24H30N6O2. The molecule has 1 N–H and O–H groups in total. The molecule has 8 nitrogen and oxygen atoms in total. The molecule has 0 spiro atoms. The number of benzene rings is 1. The number of aryl methyl sites for hydroxylation is 2. The number of rotatable bonds is 8. The van der Waals surface area contributed by atoms with Crippen LogP contribution in [0, 0.1) is 13.8 Å². The maximum absolute atomic E-state index is 6.02. The van der Waals surface area contributed by atoms with Crippen molar-refractivity contribution in [2.45, 2.75) is 20.3 Å². The summed E-state index contributed by atoms with van der Waals surface area (Å²) >= 11 is 0. The van der Waals surface area contributed by atoms with E-state index in [1.807, 2.05) is 44.4 Å². The zero-order valence-corrected chi connectivity index (χ0v) is 18.9. The first-order valence-electron chi connectivity index (χ1n) is 10.9. The molecule has 3 heterocycles. The van der Waals surface area contributed by atoms with E-state index in [-0.39, 0.29) is 0 Å². The van der Waals surface area contributed by atoms with Gasteiger partial charge in [0.2, 0.25) is 5.88 Å². The van der Waals surface area contributed by atoms with Crippen LogP contribution in [0.25, 0.3) is 0 Å². The Morgan fingerprint density at radius 2 is 2.03 bits per heavy atom. The van der Waals surface area contributed by atoms with Crippen LogP contribution in [-0.2, 0) is 18.2 Å². The highest BCUT2D eigenvalue weighted by atomic mass is 16.5. The van der Waals surface area contributed by atoms with E-state index >= 15 is 0 Å². The Kier molecular flexibility index (Phi) is 7.01. The molecule has 32 heavy (non-hydrogen) atoms. The van der Waals surface area contributed by atoms with E-state index in [0.717, 1.165) is 42.3 Å². The average molecular weight is 435 g/mol. The zero-order valence-electron chi connectivity index (χ0n) is 18.9. The van der Waals surface area contributed by atoms with E-state index in [9.17, 15) is 0 Å². The predicted octanol–water partition coefficient (Wildman–Crippen LogP) is 3.34. The molecule has 0 amide bonds. The molecule has 0 atom stereocenters. The van der Waals surface area contributed by atoms with Crippen molar-refractivity contribution in [3.8, 4) is 5.88 Å². The fourth-order valence-electron chi connectivity index (χ4n) is 3.59. The topological polar surface area (TPSA) is 76.8 Å². The lowest BCUT2D eigenvalue weighted by molar-refractivity contribution is 0.122. The minimum Gasteiger partial charge on any atom is -0.477 e. The van der Waals surface area contributed by atoms with Crippen LogP contribution in [0.2, 0.25) is 0 Å². The van der Waals surface area contributed by atoms with Gasteiger partial charge >= 0.3 is 0 Å². The summed E-state index contributed by atoms with van der Waals surface area (Å²) in [5, 5.41) is 4.37. The van der Waals surface area contributed by atoms with Crippen molar-refractivity contribution in [1.29, 1.82) is 0 Å². The third kappa shape index (κ3) is 5.64. The van der Waals surface area contributed by atoms with Gasteiger partial charge in [0, 0.05) is 56.3 Å². The number of pyridine rings is 1. The Bertz CT molecular complexity index is 1070. The van der Waals surface area contributed by atoms with Crippen molar-refractivity contribution in [3.63, 3.8) is 0 Å². The molecule has 1 aliphatic rings. The number of anilines is 2. The molecule has 0 aliphatic carbocycles. The molecule has 1 saturated heterocycles. The summed E-state index contributed by atoms with van der Waals surface area (Å²) in [5.41, 5.74) is 7.46. The van der Waals surface area contributed by atoms with Gasteiger partial charge in [-0.05, 0) is 19.4 Å². The van der Waals surface area contributed by atoms with Crippen molar-refractivity contribution in [1.82, 2.24) is 14.5 Å². The number of hydrazone groups is 1. The SMILES string of the molecule is Cc1cccc(/C=N/Nc2cc(N3CCOCC3)cc(OCCc3cnc(C)n3C)n2)c1. The predicted molar refractivity (Wildman–Crippen MR) is 127 cm³/mol. The number of imidazole rings is 1. The summed E-state index contributed by atoms with van der Waals surface area (Å²) < 4.78 is 13.6. The first-order chi connectivity index (χ1) is 15.6. The second-order valence-corrected chi connectivity index (χ2v) is 7.89. The van der Waals surface area contributed by atoms with Crippen LogP contribution in [0.1, 0.15) is 22.6 Å². The third-order valence-corrected chi connectivity index (χ3v) is 5.52. The van der Waals surface area contributed by atoms with Crippen LogP contribution in [0.3, 0.4) is 0 Å². The quantitative estimate of drug-likeness (QED) is 0.433. The molecule has 0 unspecified atom stereocenters. The molecule has 168 valence electrons. The van der Waals surface area contributed by atoms with E-state index in [1.54, 1.807) is 6.21 Å². The summed E-state index contributed by atoms with van der Waals surface area (Å²) in [6.07, 6.45) is 4.44. The molecular weight excluding hydrogens is 404 g/mol. The summed E-state index contributed by atoms with van der Waals surface area (Å²) in [7, 11) is 2.02. The Labute approximate surface area is 188 Å². The van der Waals surface area contributed by atoms with Crippen molar-refractivity contribution in [2.24, 2.45) is 12.1 Å². The zero-order chi connectivity index (χ0) is 22.3. The highest BCUT2D eigenvalue weighted by Gasteiger charge is 2.14. The number of nitrogens with one attached hydrogen (secondary N) is 1. The van der Waals surface area contributed by atoms with Gasteiger partial charge in [-0.3, -0.25) is 5.43 Å². The van der Waals surface area contributed by atoms with Crippen LogP contribution in [0.4, 0.5) is 11.5 Å². The summed E-state index contributed by atoms with van der Waals surface area (Å²) in [6, 6.07) is 12.2. The van der Waals surface area contributed by atoms with Crippen LogP contribution >= 0.6 is 0 Å². The molecule has 1 fully saturated rings. The molecule has 1 aromatic carbocycles. The minimum atomic E-state index is 0.518. The van der Waals surface area contributed by atoms with E-state index in [1.165, 1.54) is 5.56 Å². The molecule has 8 heteroatoms. The van der Waals surface area contributed by atoms with Gasteiger partial charge in [0.05, 0.1) is 26.0 Å². The molecule has 0 saturated carbocycles. The van der Waals surface area contributed by atoms with Crippen molar-refractivity contribution >= 4 is 17.7 Å². The lowest BCUT2D eigenvalue weighted by atomic mass is 10.2. The Hall–Kier alpha value is -3.39. The van der Waals surface area contributed by atoms with Crippen molar-refractivity contribution in [2.75, 3.05) is 43.2 Å². The number of morpholine rings is 1. The normalized spacial score (nSPS) is 14.2. The molecule has 1 aliphatic heterocycles. The molecule has 0 bridgehead atoms. The summed E-state index contributed by atoms with van der Waals surface area (Å²) in [4.78, 5) is 11.2. The fraction of sp³-hybridized carbons (Fsp3) is 0.375. The molecule has 2 aromatic heterocycles. The largest absolute Gasteiger partial charge is 0.477 e. The third-order valence-electron chi connectivity index (χ3n) is 5.52. The Morgan fingerprint density at radius 1 is 1.19 bits per heavy atom. The number of ether oxygens (including phenoxy) is 2. The number of nitrogens with zero attached hydrogens (tertiary/aromatic N) is 5. The maximum Gasteiger partial charge on any atom is 0.217 e. The summed E-state index contributed by atoms with van der Waals surface area (Å²) in [6.45, 7) is 7.68. The molecule has 0 radical (unpaired) electrons. The van der Waals surface area contributed by atoms with E-state index < -0.39 is 0 Å². The number of hydrogen-bond donors (Lipinski definition) is 1. The molecule has 3 aromatic rings. The maximum atomic E-state index is 6.02. The van der Waals surface area contributed by atoms with Gasteiger partial charge in [-0.15, -0.1) is 0 Å². The second kappa shape index (κ2) is 10.3.